The molecule has 2 heterocycles. The van der Waals surface area contributed by atoms with Crippen molar-refractivity contribution in [3.05, 3.63) is 59.7 Å². The van der Waals surface area contributed by atoms with Gasteiger partial charge in [0.15, 0.2) is 11.5 Å². The quantitative estimate of drug-likeness (QED) is 0.596. The third-order valence-corrected chi connectivity index (χ3v) is 5.86. The molecule has 0 spiro atoms. The average Bonchev–Trinajstić information content (AvgIpc) is 3.18. The minimum Gasteiger partial charge on any atom is -0.493 e. The predicted molar refractivity (Wildman–Crippen MR) is 109 cm³/mol. The molecule has 5 atom stereocenters. The van der Waals surface area contributed by atoms with E-state index in [4.69, 9.17) is 9.47 Å². The lowest BCUT2D eigenvalue weighted by Crippen LogP contribution is -2.53. The topological polar surface area (TPSA) is 91.9 Å². The highest BCUT2D eigenvalue weighted by Gasteiger charge is 2.49. The van der Waals surface area contributed by atoms with E-state index < -0.39 is 11.9 Å². The van der Waals surface area contributed by atoms with Gasteiger partial charge in [-0.05, 0) is 36.6 Å². The summed E-state index contributed by atoms with van der Waals surface area (Å²) < 4.78 is 11.1. The summed E-state index contributed by atoms with van der Waals surface area (Å²) in [6.07, 6.45) is 0.345. The molecule has 2 aliphatic rings. The normalized spacial score (nSPS) is 28.6. The molecule has 29 heavy (non-hydrogen) atoms. The number of piperidine rings is 1. The lowest BCUT2D eigenvalue weighted by molar-refractivity contribution is -0.146. The summed E-state index contributed by atoms with van der Waals surface area (Å²) in [5.74, 6) is -0.0186. The Morgan fingerprint density at radius 1 is 1.10 bits per heavy atom. The van der Waals surface area contributed by atoms with Crippen LogP contribution in [0.3, 0.4) is 0 Å². The SMILES string of the molecule is CCOc1ccc(C2CC(C(=O)O)C3C(NNC3c3ccccc3)N2)cc1OC. The highest BCUT2D eigenvalue weighted by atomic mass is 16.5. The van der Waals surface area contributed by atoms with Gasteiger partial charge in [0.25, 0.3) is 0 Å². The monoisotopic (exact) mass is 397 g/mol. The van der Waals surface area contributed by atoms with E-state index in [1.807, 2.05) is 55.5 Å². The summed E-state index contributed by atoms with van der Waals surface area (Å²) in [5.41, 5.74) is 8.64. The number of methoxy groups -OCH3 is 1. The molecule has 0 amide bonds. The maximum absolute atomic E-state index is 12.2. The number of carboxylic acid groups (broad SMARTS) is 1. The molecule has 0 radical (unpaired) electrons. The van der Waals surface area contributed by atoms with Crippen LogP contribution >= 0.6 is 0 Å². The van der Waals surface area contributed by atoms with Crippen molar-refractivity contribution in [2.24, 2.45) is 11.8 Å². The van der Waals surface area contributed by atoms with Gasteiger partial charge in [0.1, 0.15) is 0 Å². The molecule has 154 valence electrons. The van der Waals surface area contributed by atoms with Gasteiger partial charge < -0.3 is 14.6 Å². The lowest BCUT2D eigenvalue weighted by atomic mass is 9.75. The van der Waals surface area contributed by atoms with Crippen LogP contribution in [0.2, 0.25) is 0 Å². The molecular weight excluding hydrogens is 370 g/mol. The van der Waals surface area contributed by atoms with Crippen molar-refractivity contribution in [3.8, 4) is 11.5 Å². The first-order valence-electron chi connectivity index (χ1n) is 9.98. The molecule has 2 aliphatic heterocycles. The number of nitrogens with one attached hydrogen (secondary N) is 3. The molecule has 5 unspecified atom stereocenters. The third-order valence-electron chi connectivity index (χ3n) is 5.86. The van der Waals surface area contributed by atoms with Gasteiger partial charge in [-0.25, -0.2) is 10.9 Å². The molecule has 2 saturated heterocycles. The number of carbonyl (C=O) groups is 1. The van der Waals surface area contributed by atoms with Crippen LogP contribution in [0.25, 0.3) is 0 Å². The van der Waals surface area contributed by atoms with E-state index in [0.29, 0.717) is 24.5 Å². The smallest absolute Gasteiger partial charge is 0.307 e. The Hall–Kier alpha value is -2.61. The molecule has 0 aromatic heterocycles. The second-order valence-electron chi connectivity index (χ2n) is 7.48. The van der Waals surface area contributed by atoms with Crippen LogP contribution in [0.5, 0.6) is 11.5 Å². The Balaban J connectivity index is 1.60. The molecule has 7 heteroatoms. The molecule has 2 aromatic carbocycles. The van der Waals surface area contributed by atoms with E-state index in [9.17, 15) is 9.90 Å². The molecular formula is C22H27N3O4. The minimum absolute atomic E-state index is 0.0642. The van der Waals surface area contributed by atoms with Crippen molar-refractivity contribution in [1.29, 1.82) is 0 Å². The van der Waals surface area contributed by atoms with Gasteiger partial charge in [0.05, 0.1) is 31.8 Å². The summed E-state index contributed by atoms with van der Waals surface area (Å²) in [4.78, 5) is 12.2. The van der Waals surface area contributed by atoms with Gasteiger partial charge in [0.2, 0.25) is 0 Å². The number of rotatable bonds is 6. The Kier molecular flexibility index (Phi) is 5.71. The fraction of sp³-hybridized carbons (Fsp3) is 0.409. The maximum Gasteiger partial charge on any atom is 0.307 e. The van der Waals surface area contributed by atoms with E-state index in [1.165, 1.54) is 0 Å². The summed E-state index contributed by atoms with van der Waals surface area (Å²) in [6, 6.07) is 15.6. The number of hydrazine groups is 1. The Labute approximate surface area is 170 Å². The number of hydrogen-bond donors (Lipinski definition) is 4. The third kappa shape index (κ3) is 3.81. The summed E-state index contributed by atoms with van der Waals surface area (Å²) in [5, 5.41) is 13.6. The zero-order valence-corrected chi connectivity index (χ0v) is 16.6. The Morgan fingerprint density at radius 2 is 1.90 bits per heavy atom. The van der Waals surface area contributed by atoms with Gasteiger partial charge in [-0.1, -0.05) is 36.4 Å². The molecule has 0 bridgehead atoms. The van der Waals surface area contributed by atoms with Gasteiger partial charge in [0, 0.05) is 12.0 Å². The standard InChI is InChI=1S/C22H27N3O4/c1-3-29-17-10-9-14(11-18(17)28-2)16-12-15(22(26)27)19-20(24-25-21(19)23-16)13-7-5-4-6-8-13/h4-11,15-16,19-21,23-25H,3,12H2,1-2H3,(H,26,27). The van der Waals surface area contributed by atoms with Gasteiger partial charge in [-0.2, -0.15) is 0 Å². The first kappa shape index (κ1) is 19.7. The van der Waals surface area contributed by atoms with Gasteiger partial charge >= 0.3 is 5.97 Å². The number of carboxylic acids is 1. The van der Waals surface area contributed by atoms with Gasteiger partial charge in [-0.3, -0.25) is 10.1 Å². The molecule has 0 aliphatic carbocycles. The number of benzene rings is 2. The van der Waals surface area contributed by atoms with Crippen molar-refractivity contribution in [2.45, 2.75) is 31.6 Å². The molecule has 7 nitrogen and oxygen atoms in total. The van der Waals surface area contributed by atoms with Crippen molar-refractivity contribution >= 4 is 5.97 Å². The van der Waals surface area contributed by atoms with E-state index in [-0.39, 0.29) is 24.2 Å². The first-order valence-corrected chi connectivity index (χ1v) is 9.98. The van der Waals surface area contributed by atoms with E-state index in [0.717, 1.165) is 11.1 Å². The number of hydrogen-bond acceptors (Lipinski definition) is 6. The summed E-state index contributed by atoms with van der Waals surface area (Å²) in [6.45, 7) is 2.48. The van der Waals surface area contributed by atoms with Crippen LogP contribution in [0.4, 0.5) is 0 Å². The van der Waals surface area contributed by atoms with Gasteiger partial charge in [-0.15, -0.1) is 0 Å². The second-order valence-corrected chi connectivity index (χ2v) is 7.48. The molecule has 4 N–H and O–H groups in total. The van der Waals surface area contributed by atoms with Crippen molar-refractivity contribution in [2.75, 3.05) is 13.7 Å². The maximum atomic E-state index is 12.2. The fourth-order valence-electron chi connectivity index (χ4n) is 4.52. The van der Waals surface area contributed by atoms with Crippen LogP contribution in [0, 0.1) is 11.8 Å². The summed E-state index contributed by atoms with van der Waals surface area (Å²) >= 11 is 0. The summed E-state index contributed by atoms with van der Waals surface area (Å²) in [7, 11) is 1.61. The highest BCUT2D eigenvalue weighted by molar-refractivity contribution is 5.71. The van der Waals surface area contributed by atoms with Crippen LogP contribution in [0.1, 0.15) is 36.6 Å². The van der Waals surface area contributed by atoms with Crippen LogP contribution in [-0.4, -0.2) is 31.0 Å². The van der Waals surface area contributed by atoms with Crippen LogP contribution < -0.4 is 25.6 Å². The minimum atomic E-state index is -0.768. The van der Waals surface area contributed by atoms with E-state index in [1.54, 1.807) is 7.11 Å². The van der Waals surface area contributed by atoms with Crippen molar-refractivity contribution in [3.63, 3.8) is 0 Å². The largest absolute Gasteiger partial charge is 0.493 e. The number of aliphatic carboxylic acids is 1. The Morgan fingerprint density at radius 3 is 2.59 bits per heavy atom. The average molecular weight is 397 g/mol. The first-order chi connectivity index (χ1) is 14.1. The van der Waals surface area contributed by atoms with Crippen molar-refractivity contribution in [1.82, 2.24) is 16.2 Å². The molecule has 4 rings (SSSR count). The number of ether oxygens (including phenoxy) is 2. The molecule has 2 aromatic rings. The molecule has 0 saturated carbocycles. The molecule has 2 fully saturated rings. The number of fused-ring (bicyclic) bond motifs is 1. The fourth-order valence-corrected chi connectivity index (χ4v) is 4.52. The van der Waals surface area contributed by atoms with E-state index in [2.05, 4.69) is 16.2 Å². The van der Waals surface area contributed by atoms with Crippen molar-refractivity contribution < 1.29 is 19.4 Å². The van der Waals surface area contributed by atoms with Crippen LogP contribution in [-0.2, 0) is 4.79 Å². The zero-order valence-electron chi connectivity index (χ0n) is 16.6. The Bertz CT molecular complexity index is 860. The van der Waals surface area contributed by atoms with E-state index >= 15 is 0 Å². The second kappa shape index (κ2) is 8.41. The zero-order chi connectivity index (χ0) is 20.4. The lowest BCUT2D eigenvalue weighted by Gasteiger charge is -2.39. The predicted octanol–water partition coefficient (Wildman–Crippen LogP) is 2.62. The highest BCUT2D eigenvalue weighted by Crippen LogP contribution is 2.43. The van der Waals surface area contributed by atoms with Crippen LogP contribution in [0.15, 0.2) is 48.5 Å².